The van der Waals surface area contributed by atoms with Crippen LogP contribution in [-0.4, -0.2) is 11.8 Å². The van der Waals surface area contributed by atoms with Crippen LogP contribution in [-0.2, 0) is 9.59 Å². The largest absolute Gasteiger partial charge is 0.350 e. The first-order chi connectivity index (χ1) is 13.9. The highest BCUT2D eigenvalue weighted by atomic mass is 32.1. The van der Waals surface area contributed by atoms with Gasteiger partial charge in [-0.1, -0.05) is 30.3 Å². The summed E-state index contributed by atoms with van der Waals surface area (Å²) >= 11 is 1.45. The quantitative estimate of drug-likeness (QED) is 0.596. The summed E-state index contributed by atoms with van der Waals surface area (Å²) in [5.41, 5.74) is 6.35. The number of amides is 2. The van der Waals surface area contributed by atoms with E-state index < -0.39 is 0 Å². The molecule has 3 aromatic rings. The van der Waals surface area contributed by atoms with Crippen molar-refractivity contribution in [2.45, 2.75) is 27.7 Å². The number of thiophene rings is 1. The van der Waals surface area contributed by atoms with Crippen LogP contribution in [0.25, 0.3) is 5.57 Å². The summed E-state index contributed by atoms with van der Waals surface area (Å²) in [5.74, 6) is -0.619. The molecule has 0 atom stereocenters. The highest BCUT2D eigenvalue weighted by molar-refractivity contribution is 7.11. The third kappa shape index (κ3) is 3.17. The average Bonchev–Trinajstić information content (AvgIpc) is 3.29. The second-order valence-corrected chi connectivity index (χ2v) is 8.21. The van der Waals surface area contributed by atoms with Crippen molar-refractivity contribution in [2.75, 3.05) is 10.2 Å². The van der Waals surface area contributed by atoms with Crippen LogP contribution in [0.3, 0.4) is 0 Å². The molecule has 0 bridgehead atoms. The van der Waals surface area contributed by atoms with Crippen LogP contribution in [0.4, 0.5) is 11.4 Å². The third-order valence-corrected chi connectivity index (χ3v) is 6.42. The zero-order chi connectivity index (χ0) is 20.7. The van der Waals surface area contributed by atoms with Gasteiger partial charge in [0.15, 0.2) is 0 Å². The van der Waals surface area contributed by atoms with E-state index in [9.17, 15) is 9.59 Å². The lowest BCUT2D eigenvalue weighted by Crippen LogP contribution is -2.33. The molecule has 1 aliphatic heterocycles. The minimum Gasteiger partial charge on any atom is -0.350 e. The zero-order valence-corrected chi connectivity index (χ0v) is 17.7. The zero-order valence-electron chi connectivity index (χ0n) is 16.9. The molecule has 0 saturated carbocycles. The summed E-state index contributed by atoms with van der Waals surface area (Å²) in [4.78, 5) is 29.0. The fourth-order valence-electron chi connectivity index (χ4n) is 3.51. The van der Waals surface area contributed by atoms with Gasteiger partial charge in [0.05, 0.1) is 11.3 Å². The number of carbonyl (C=O) groups excluding carboxylic acids is 2. The maximum absolute atomic E-state index is 13.5. The third-order valence-electron chi connectivity index (χ3n) is 5.53. The van der Waals surface area contributed by atoms with Crippen LogP contribution < -0.4 is 10.2 Å². The fraction of sp³-hybridized carbons (Fsp3) is 0.167. The van der Waals surface area contributed by atoms with Gasteiger partial charge in [-0.25, -0.2) is 4.90 Å². The minimum atomic E-state index is -0.326. The molecule has 2 amide bonds. The van der Waals surface area contributed by atoms with Crippen molar-refractivity contribution in [1.82, 2.24) is 0 Å². The van der Waals surface area contributed by atoms with Crippen molar-refractivity contribution < 1.29 is 9.59 Å². The van der Waals surface area contributed by atoms with Gasteiger partial charge in [-0.15, -0.1) is 11.3 Å². The molecule has 4 rings (SSSR count). The number of rotatable bonds is 4. The van der Waals surface area contributed by atoms with Crippen LogP contribution in [0.2, 0.25) is 0 Å². The number of hydrogen-bond acceptors (Lipinski definition) is 4. The van der Waals surface area contributed by atoms with Crippen LogP contribution >= 0.6 is 11.3 Å². The number of anilines is 2. The number of hydrogen-bond donors (Lipinski definition) is 1. The van der Waals surface area contributed by atoms with E-state index in [4.69, 9.17) is 0 Å². The number of carbonyl (C=O) groups is 2. The molecule has 0 fully saturated rings. The lowest BCUT2D eigenvalue weighted by Gasteiger charge is -2.19. The lowest BCUT2D eigenvalue weighted by molar-refractivity contribution is -0.120. The molecule has 0 radical (unpaired) electrons. The Bertz CT molecular complexity index is 1160. The molecule has 0 saturated heterocycles. The lowest BCUT2D eigenvalue weighted by atomic mass is 10.1. The van der Waals surface area contributed by atoms with Gasteiger partial charge in [-0.2, -0.15) is 0 Å². The number of nitrogens with one attached hydrogen (secondary N) is 1. The number of benzene rings is 2. The van der Waals surface area contributed by atoms with Gasteiger partial charge < -0.3 is 5.32 Å². The fourth-order valence-corrected chi connectivity index (χ4v) is 4.28. The van der Waals surface area contributed by atoms with Crippen LogP contribution in [0.5, 0.6) is 0 Å². The van der Waals surface area contributed by atoms with Crippen molar-refractivity contribution in [1.29, 1.82) is 0 Å². The second kappa shape index (κ2) is 7.33. The molecule has 0 aliphatic carbocycles. The summed E-state index contributed by atoms with van der Waals surface area (Å²) in [6.45, 7) is 7.95. The molecule has 29 heavy (non-hydrogen) atoms. The Morgan fingerprint density at radius 2 is 1.48 bits per heavy atom. The molecule has 2 heterocycles. The first kappa shape index (κ1) is 19.2. The first-order valence-corrected chi connectivity index (χ1v) is 10.3. The molecule has 4 nitrogen and oxygen atoms in total. The maximum atomic E-state index is 13.5. The molecular formula is C24H22N2O2S. The van der Waals surface area contributed by atoms with E-state index in [1.165, 1.54) is 16.2 Å². The smallest absolute Gasteiger partial charge is 0.282 e. The topological polar surface area (TPSA) is 49.4 Å². The Labute approximate surface area is 174 Å². The predicted octanol–water partition coefficient (Wildman–Crippen LogP) is 5.38. The van der Waals surface area contributed by atoms with E-state index in [0.717, 1.165) is 32.8 Å². The molecule has 1 aromatic heterocycles. The molecule has 2 aromatic carbocycles. The standard InChI is InChI=1S/C24H22N2O2S/c1-14-8-5-10-18(16(14)3)25-22-21(20-12-7-13-29-20)23(27)26(24(22)28)19-11-6-9-15(2)17(19)4/h5-13,25H,1-4H3. The normalized spacial score (nSPS) is 14.1. The molecular weight excluding hydrogens is 380 g/mol. The molecule has 5 heteroatoms. The van der Waals surface area contributed by atoms with Crippen LogP contribution in [0, 0.1) is 27.7 Å². The van der Waals surface area contributed by atoms with E-state index in [1.807, 2.05) is 81.6 Å². The van der Waals surface area contributed by atoms with Gasteiger partial charge in [0.25, 0.3) is 11.8 Å². The minimum absolute atomic E-state index is 0.293. The van der Waals surface area contributed by atoms with Gasteiger partial charge in [-0.05, 0) is 73.5 Å². The van der Waals surface area contributed by atoms with Crippen LogP contribution in [0.15, 0.2) is 59.6 Å². The highest BCUT2D eigenvalue weighted by Gasteiger charge is 2.41. The molecule has 0 spiro atoms. The summed E-state index contributed by atoms with van der Waals surface area (Å²) in [6.07, 6.45) is 0. The van der Waals surface area contributed by atoms with E-state index in [2.05, 4.69) is 5.32 Å². The van der Waals surface area contributed by atoms with Crippen molar-refractivity contribution >= 4 is 40.1 Å². The predicted molar refractivity (Wildman–Crippen MR) is 119 cm³/mol. The SMILES string of the molecule is Cc1cccc(NC2=C(c3cccs3)C(=O)N(c3cccc(C)c3C)C2=O)c1C. The van der Waals surface area contributed by atoms with E-state index >= 15 is 0 Å². The van der Waals surface area contributed by atoms with E-state index in [-0.39, 0.29) is 11.8 Å². The summed E-state index contributed by atoms with van der Waals surface area (Å²) < 4.78 is 0. The van der Waals surface area contributed by atoms with Gasteiger partial charge >= 0.3 is 0 Å². The Balaban J connectivity index is 1.85. The van der Waals surface area contributed by atoms with Crippen molar-refractivity contribution in [3.05, 3.63) is 86.7 Å². The number of nitrogens with zero attached hydrogens (tertiary/aromatic N) is 1. The molecule has 146 valence electrons. The Morgan fingerprint density at radius 1 is 0.793 bits per heavy atom. The Hall–Kier alpha value is -3.18. The van der Waals surface area contributed by atoms with Gasteiger partial charge in [0, 0.05) is 10.6 Å². The number of imide groups is 1. The Morgan fingerprint density at radius 3 is 2.17 bits per heavy atom. The summed E-state index contributed by atoms with van der Waals surface area (Å²) in [5, 5.41) is 5.19. The van der Waals surface area contributed by atoms with Crippen molar-refractivity contribution in [2.24, 2.45) is 0 Å². The average molecular weight is 403 g/mol. The number of aryl methyl sites for hydroxylation is 2. The van der Waals surface area contributed by atoms with Crippen LogP contribution in [0.1, 0.15) is 27.1 Å². The molecule has 1 N–H and O–H groups in total. The maximum Gasteiger partial charge on any atom is 0.282 e. The van der Waals surface area contributed by atoms with E-state index in [0.29, 0.717) is 17.0 Å². The van der Waals surface area contributed by atoms with Crippen molar-refractivity contribution in [3.8, 4) is 0 Å². The van der Waals surface area contributed by atoms with Gasteiger partial charge in [-0.3, -0.25) is 9.59 Å². The monoisotopic (exact) mass is 402 g/mol. The summed E-state index contributed by atoms with van der Waals surface area (Å²) in [6, 6.07) is 15.3. The van der Waals surface area contributed by atoms with Crippen molar-refractivity contribution in [3.63, 3.8) is 0 Å². The van der Waals surface area contributed by atoms with E-state index in [1.54, 1.807) is 0 Å². The first-order valence-electron chi connectivity index (χ1n) is 9.46. The van der Waals surface area contributed by atoms with Gasteiger partial charge in [0.1, 0.15) is 5.70 Å². The highest BCUT2D eigenvalue weighted by Crippen LogP contribution is 2.37. The molecule has 1 aliphatic rings. The second-order valence-electron chi connectivity index (χ2n) is 7.26. The Kier molecular flexibility index (Phi) is 4.84. The molecule has 0 unspecified atom stereocenters. The summed E-state index contributed by atoms with van der Waals surface area (Å²) in [7, 11) is 0. The van der Waals surface area contributed by atoms with Gasteiger partial charge in [0.2, 0.25) is 0 Å².